The highest BCUT2D eigenvalue weighted by atomic mass is 35.5. The predicted molar refractivity (Wildman–Crippen MR) is 131 cm³/mol. The number of nitrogens with one attached hydrogen (secondary N) is 2. The van der Waals surface area contributed by atoms with E-state index in [1.54, 1.807) is 60.1 Å². The number of anilines is 2. The van der Waals surface area contributed by atoms with Crippen LogP contribution in [-0.4, -0.2) is 35.7 Å². The first-order valence-corrected chi connectivity index (χ1v) is 11.6. The van der Waals surface area contributed by atoms with Gasteiger partial charge in [-0.1, -0.05) is 17.7 Å². The van der Waals surface area contributed by atoms with E-state index in [1.165, 1.54) is 23.3 Å². The first-order valence-electron chi connectivity index (χ1n) is 9.53. The Kier molecular flexibility index (Phi) is 6.97. The Labute approximate surface area is 202 Å². The van der Waals surface area contributed by atoms with E-state index in [-0.39, 0.29) is 23.6 Å². The number of methoxy groups -OCH3 is 1. The molecule has 2 N–H and O–H groups in total. The van der Waals surface area contributed by atoms with Crippen molar-refractivity contribution in [3.8, 4) is 11.5 Å². The molecule has 2 amide bonds. The van der Waals surface area contributed by atoms with Gasteiger partial charge in [0.2, 0.25) is 0 Å². The molecule has 1 saturated heterocycles. The number of ether oxygens (including phenoxy) is 2. The highest BCUT2D eigenvalue weighted by molar-refractivity contribution is 8.19. The molecule has 0 spiro atoms. The Morgan fingerprint density at radius 1 is 1.24 bits per heavy atom. The molecule has 168 valence electrons. The number of amides is 2. The number of thioether (sulfide) groups is 1. The van der Waals surface area contributed by atoms with Crippen LogP contribution in [0.2, 0.25) is 5.02 Å². The van der Waals surface area contributed by atoms with Crippen LogP contribution in [0.3, 0.4) is 0 Å². The Bertz CT molecular complexity index is 1230. The van der Waals surface area contributed by atoms with Crippen LogP contribution in [0.5, 0.6) is 11.5 Å². The Hall–Kier alpha value is -3.34. The second-order valence-corrected chi connectivity index (χ2v) is 8.97. The molecule has 2 heterocycles. The molecule has 0 aliphatic carbocycles. The Morgan fingerprint density at radius 3 is 2.73 bits per heavy atom. The zero-order valence-electron chi connectivity index (χ0n) is 17.2. The van der Waals surface area contributed by atoms with Crippen LogP contribution in [0.15, 0.2) is 58.9 Å². The number of halogens is 1. The van der Waals surface area contributed by atoms with Crippen molar-refractivity contribution in [3.05, 3.63) is 69.5 Å². The third-order valence-corrected chi connectivity index (χ3v) is 6.30. The van der Waals surface area contributed by atoms with Crippen molar-refractivity contribution in [2.45, 2.75) is 0 Å². The molecule has 1 fully saturated rings. The van der Waals surface area contributed by atoms with E-state index in [2.05, 4.69) is 10.3 Å². The maximum Gasteiger partial charge on any atom is 0.273 e. The molecule has 0 radical (unpaired) electrons. The molecule has 2 aromatic carbocycles. The van der Waals surface area contributed by atoms with Gasteiger partial charge < -0.3 is 14.8 Å². The summed E-state index contributed by atoms with van der Waals surface area (Å²) in [6, 6.07) is 11.9. The fourth-order valence-corrected chi connectivity index (χ4v) is 4.58. The van der Waals surface area contributed by atoms with Crippen LogP contribution < -0.4 is 19.7 Å². The van der Waals surface area contributed by atoms with Crippen molar-refractivity contribution in [2.24, 2.45) is 0 Å². The number of thiazole rings is 1. The molecule has 3 aromatic rings. The summed E-state index contributed by atoms with van der Waals surface area (Å²) < 4.78 is 11.0. The zero-order chi connectivity index (χ0) is 23.4. The topological polar surface area (TPSA) is 105 Å². The third kappa shape index (κ3) is 5.36. The number of aromatic nitrogens is 1. The lowest BCUT2D eigenvalue weighted by molar-refractivity contribution is -0.118. The molecule has 33 heavy (non-hydrogen) atoms. The van der Waals surface area contributed by atoms with Crippen LogP contribution in [0.25, 0.3) is 6.08 Å². The number of carbonyl (C=O) groups is 2. The van der Waals surface area contributed by atoms with Crippen molar-refractivity contribution in [3.63, 3.8) is 0 Å². The Balaban J connectivity index is 1.43. The number of carbonyl (C=O) groups excluding carboxylic acids is 2. The maximum atomic E-state index is 12.7. The molecule has 0 saturated carbocycles. The van der Waals surface area contributed by atoms with Gasteiger partial charge in [0, 0.05) is 22.3 Å². The SMILES string of the molecule is COc1cc(/C=C2\SC(=N)N(c3nccs3)C2=O)ccc1OCC(=O)Nc1ccc(Cl)cc1. The van der Waals surface area contributed by atoms with E-state index in [0.29, 0.717) is 37.8 Å². The van der Waals surface area contributed by atoms with E-state index in [1.807, 2.05) is 0 Å². The first kappa shape index (κ1) is 22.8. The molecule has 8 nitrogen and oxygen atoms in total. The van der Waals surface area contributed by atoms with E-state index in [4.69, 9.17) is 26.5 Å². The van der Waals surface area contributed by atoms with Gasteiger partial charge in [-0.2, -0.15) is 0 Å². The number of amidine groups is 1. The normalized spacial score (nSPS) is 14.6. The smallest absolute Gasteiger partial charge is 0.273 e. The standard InChI is InChI=1S/C22H17ClN4O4S2/c1-30-17-10-13(11-18-20(29)27(21(24)33-18)22-25-8-9-32-22)2-7-16(17)31-12-19(28)26-15-5-3-14(23)4-6-15/h2-11,24H,12H2,1H3,(H,26,28)/b18-11-,24-21?. The summed E-state index contributed by atoms with van der Waals surface area (Å²) in [6.45, 7) is -0.215. The molecule has 0 bridgehead atoms. The lowest BCUT2D eigenvalue weighted by Gasteiger charge is -2.12. The van der Waals surface area contributed by atoms with Gasteiger partial charge in [-0.05, 0) is 59.8 Å². The van der Waals surface area contributed by atoms with E-state index >= 15 is 0 Å². The summed E-state index contributed by atoms with van der Waals surface area (Å²) in [4.78, 5) is 30.7. The number of nitrogens with zero attached hydrogens (tertiary/aromatic N) is 2. The van der Waals surface area contributed by atoms with Crippen molar-refractivity contribution in [1.82, 2.24) is 4.98 Å². The molecule has 0 unspecified atom stereocenters. The number of hydrogen-bond donors (Lipinski definition) is 2. The maximum absolute atomic E-state index is 12.7. The van der Waals surface area contributed by atoms with Gasteiger partial charge in [0.05, 0.1) is 12.0 Å². The number of benzene rings is 2. The van der Waals surface area contributed by atoms with E-state index in [9.17, 15) is 9.59 Å². The lowest BCUT2D eigenvalue weighted by Crippen LogP contribution is -2.27. The highest BCUT2D eigenvalue weighted by Gasteiger charge is 2.35. The van der Waals surface area contributed by atoms with Gasteiger partial charge >= 0.3 is 0 Å². The fourth-order valence-electron chi connectivity index (χ4n) is 2.91. The minimum absolute atomic E-state index is 0.0971. The summed E-state index contributed by atoms with van der Waals surface area (Å²) in [7, 11) is 1.49. The molecule has 0 atom stereocenters. The van der Waals surface area contributed by atoms with Crippen LogP contribution in [0.1, 0.15) is 5.56 Å². The van der Waals surface area contributed by atoms with Gasteiger partial charge in [-0.15, -0.1) is 11.3 Å². The summed E-state index contributed by atoms with van der Waals surface area (Å²) >= 11 is 8.20. The Morgan fingerprint density at radius 2 is 2.03 bits per heavy atom. The monoisotopic (exact) mass is 500 g/mol. The van der Waals surface area contributed by atoms with Crippen LogP contribution in [-0.2, 0) is 9.59 Å². The van der Waals surface area contributed by atoms with Gasteiger partial charge in [0.15, 0.2) is 28.4 Å². The van der Waals surface area contributed by atoms with Gasteiger partial charge in [0.25, 0.3) is 11.8 Å². The number of hydrogen-bond acceptors (Lipinski definition) is 8. The molecule has 1 aliphatic rings. The highest BCUT2D eigenvalue weighted by Crippen LogP contribution is 2.37. The average Bonchev–Trinajstić information content (AvgIpc) is 3.42. The number of rotatable bonds is 7. The van der Waals surface area contributed by atoms with E-state index in [0.717, 1.165) is 11.8 Å². The third-order valence-electron chi connectivity index (χ3n) is 4.41. The predicted octanol–water partition coefficient (Wildman–Crippen LogP) is 4.88. The second kappa shape index (κ2) is 10.1. The van der Waals surface area contributed by atoms with Crippen molar-refractivity contribution in [2.75, 3.05) is 23.9 Å². The van der Waals surface area contributed by atoms with Crippen LogP contribution in [0.4, 0.5) is 10.8 Å². The quantitative estimate of drug-likeness (QED) is 0.448. The minimum atomic E-state index is -0.334. The molecular formula is C22H17ClN4O4S2. The fraction of sp³-hybridized carbons (Fsp3) is 0.0909. The van der Waals surface area contributed by atoms with Crippen molar-refractivity contribution < 1.29 is 19.1 Å². The minimum Gasteiger partial charge on any atom is -0.493 e. The van der Waals surface area contributed by atoms with Gasteiger partial charge in [0.1, 0.15) is 0 Å². The van der Waals surface area contributed by atoms with Crippen LogP contribution >= 0.6 is 34.7 Å². The largest absolute Gasteiger partial charge is 0.493 e. The summed E-state index contributed by atoms with van der Waals surface area (Å²) in [5.74, 6) is 0.150. The van der Waals surface area contributed by atoms with E-state index < -0.39 is 0 Å². The summed E-state index contributed by atoms with van der Waals surface area (Å²) in [5, 5.41) is 13.7. The molecule has 4 rings (SSSR count). The van der Waals surface area contributed by atoms with Gasteiger partial charge in [-0.25, -0.2) is 9.88 Å². The second-order valence-electron chi connectivity index (χ2n) is 6.63. The first-order chi connectivity index (χ1) is 15.9. The molecule has 11 heteroatoms. The van der Waals surface area contributed by atoms with Crippen LogP contribution in [0, 0.1) is 5.41 Å². The molecular weight excluding hydrogens is 484 g/mol. The van der Waals surface area contributed by atoms with Crippen molar-refractivity contribution in [1.29, 1.82) is 5.41 Å². The average molecular weight is 501 g/mol. The lowest BCUT2D eigenvalue weighted by atomic mass is 10.2. The van der Waals surface area contributed by atoms with Crippen molar-refractivity contribution >= 4 is 68.6 Å². The van der Waals surface area contributed by atoms with Gasteiger partial charge in [-0.3, -0.25) is 15.0 Å². The molecule has 1 aromatic heterocycles. The zero-order valence-corrected chi connectivity index (χ0v) is 19.6. The molecule has 1 aliphatic heterocycles. The summed E-state index contributed by atoms with van der Waals surface area (Å²) in [5.41, 5.74) is 1.30. The summed E-state index contributed by atoms with van der Waals surface area (Å²) in [6.07, 6.45) is 3.26.